The quantitative estimate of drug-likeness (QED) is 0.726. The van der Waals surface area contributed by atoms with Crippen LogP contribution in [-0.4, -0.2) is 70.8 Å². The lowest BCUT2D eigenvalue weighted by Gasteiger charge is -2.44. The molecule has 2 rings (SSSR count). The summed E-state index contributed by atoms with van der Waals surface area (Å²) in [6.45, 7) is 12.2. The summed E-state index contributed by atoms with van der Waals surface area (Å²) in [5.74, 6) is -0.196. The molecular weight excluding hydrogens is 292 g/mol. The van der Waals surface area contributed by atoms with Crippen molar-refractivity contribution in [3.8, 4) is 0 Å². The molecular formula is C18H34N2O3. The fourth-order valence-corrected chi connectivity index (χ4v) is 3.97. The van der Waals surface area contributed by atoms with Crippen LogP contribution in [0.4, 0.5) is 0 Å². The fraction of sp³-hybridized carbons (Fsp3) is 0.944. The Bertz CT molecular complexity index is 401. The van der Waals surface area contributed by atoms with E-state index in [9.17, 15) is 9.90 Å². The number of esters is 1. The van der Waals surface area contributed by atoms with Gasteiger partial charge in [-0.05, 0) is 79.6 Å². The van der Waals surface area contributed by atoms with Crippen LogP contribution in [0.1, 0.15) is 59.8 Å². The maximum Gasteiger partial charge on any atom is 0.326 e. The molecule has 0 aromatic heterocycles. The summed E-state index contributed by atoms with van der Waals surface area (Å²) in [6, 6.07) is 0. The summed E-state index contributed by atoms with van der Waals surface area (Å²) in [5, 5.41) is 11.0. The molecule has 2 atom stereocenters. The number of carbonyl (C=O) groups excluding carboxylic acids is 1. The van der Waals surface area contributed by atoms with Crippen molar-refractivity contribution in [2.24, 2.45) is 0 Å². The van der Waals surface area contributed by atoms with Crippen molar-refractivity contribution >= 4 is 5.97 Å². The summed E-state index contributed by atoms with van der Waals surface area (Å²) in [6.07, 6.45) is 4.47. The van der Waals surface area contributed by atoms with Gasteiger partial charge in [-0.25, -0.2) is 0 Å². The monoisotopic (exact) mass is 326 g/mol. The molecule has 0 aliphatic carbocycles. The number of aliphatic hydroxyl groups is 1. The van der Waals surface area contributed by atoms with Crippen LogP contribution in [0.5, 0.6) is 0 Å². The Kier molecular flexibility index (Phi) is 6.09. The van der Waals surface area contributed by atoms with Crippen LogP contribution in [0.15, 0.2) is 0 Å². The minimum Gasteiger partial charge on any atom is -0.465 e. The zero-order valence-electron chi connectivity index (χ0n) is 15.3. The highest BCUT2D eigenvalue weighted by Gasteiger charge is 2.47. The van der Waals surface area contributed by atoms with Gasteiger partial charge >= 0.3 is 5.97 Å². The van der Waals surface area contributed by atoms with Gasteiger partial charge in [0.2, 0.25) is 0 Å². The summed E-state index contributed by atoms with van der Waals surface area (Å²) >= 11 is 0. The van der Waals surface area contributed by atoms with Gasteiger partial charge in [0.15, 0.2) is 0 Å². The van der Waals surface area contributed by atoms with E-state index in [-0.39, 0.29) is 11.5 Å². The molecule has 0 saturated carbocycles. The van der Waals surface area contributed by atoms with Crippen LogP contribution >= 0.6 is 0 Å². The van der Waals surface area contributed by atoms with Gasteiger partial charge in [0.1, 0.15) is 5.54 Å². The maximum absolute atomic E-state index is 12.6. The van der Waals surface area contributed by atoms with Crippen molar-refractivity contribution in [3.05, 3.63) is 0 Å². The van der Waals surface area contributed by atoms with Crippen LogP contribution in [0, 0.1) is 0 Å². The van der Waals surface area contributed by atoms with Gasteiger partial charge in [0, 0.05) is 12.0 Å². The summed E-state index contributed by atoms with van der Waals surface area (Å²) in [5.41, 5.74) is -1.05. The Morgan fingerprint density at radius 1 is 1.04 bits per heavy atom. The third-order valence-electron chi connectivity index (χ3n) is 5.85. The van der Waals surface area contributed by atoms with Crippen molar-refractivity contribution in [1.29, 1.82) is 0 Å². The summed E-state index contributed by atoms with van der Waals surface area (Å²) in [4.78, 5) is 17.2. The Balaban J connectivity index is 2.14. The van der Waals surface area contributed by atoms with Crippen LogP contribution < -0.4 is 0 Å². The summed E-state index contributed by atoms with van der Waals surface area (Å²) in [7, 11) is 0. The molecule has 2 heterocycles. The van der Waals surface area contributed by atoms with E-state index in [2.05, 4.69) is 23.6 Å². The fourth-order valence-electron chi connectivity index (χ4n) is 3.97. The SMILES string of the molecule is CCOC(=O)C(C)(CC(O)C(C)(C)N1CCCC1)N1CCCC1. The standard InChI is InChI=1S/C18H34N2O3/c1-5-23-16(22)18(4,20-12-8-9-13-20)14-15(21)17(2,3)19-10-6-7-11-19/h15,21H,5-14H2,1-4H3. The van der Waals surface area contributed by atoms with Crippen molar-refractivity contribution in [2.45, 2.75) is 77.0 Å². The highest BCUT2D eigenvalue weighted by atomic mass is 16.5. The normalized spacial score (nSPS) is 24.6. The molecule has 2 saturated heterocycles. The lowest BCUT2D eigenvalue weighted by molar-refractivity contribution is -0.160. The Morgan fingerprint density at radius 3 is 2.00 bits per heavy atom. The molecule has 0 radical (unpaired) electrons. The van der Waals surface area contributed by atoms with Gasteiger partial charge in [0.05, 0.1) is 12.7 Å². The predicted molar refractivity (Wildman–Crippen MR) is 91.4 cm³/mol. The van der Waals surface area contributed by atoms with E-state index < -0.39 is 11.6 Å². The highest BCUT2D eigenvalue weighted by molar-refractivity contribution is 5.80. The molecule has 5 nitrogen and oxygen atoms in total. The molecule has 5 heteroatoms. The number of hydrogen-bond acceptors (Lipinski definition) is 5. The lowest BCUT2D eigenvalue weighted by atomic mass is 9.83. The van der Waals surface area contributed by atoms with E-state index in [0.29, 0.717) is 13.0 Å². The Labute approximate surface area is 141 Å². The third-order valence-corrected chi connectivity index (χ3v) is 5.85. The molecule has 23 heavy (non-hydrogen) atoms. The zero-order valence-corrected chi connectivity index (χ0v) is 15.3. The second-order valence-electron chi connectivity index (χ2n) is 7.76. The average molecular weight is 326 g/mol. The number of carbonyl (C=O) groups is 1. The minimum absolute atomic E-state index is 0.196. The van der Waals surface area contributed by atoms with E-state index in [1.807, 2.05) is 13.8 Å². The number of hydrogen-bond donors (Lipinski definition) is 1. The predicted octanol–water partition coefficient (Wildman–Crippen LogP) is 2.03. The van der Waals surface area contributed by atoms with Gasteiger partial charge < -0.3 is 9.84 Å². The second kappa shape index (κ2) is 7.49. The molecule has 0 aromatic carbocycles. The van der Waals surface area contributed by atoms with E-state index in [1.54, 1.807) is 0 Å². The van der Waals surface area contributed by atoms with Crippen LogP contribution in [0.25, 0.3) is 0 Å². The molecule has 2 aliphatic heterocycles. The highest BCUT2D eigenvalue weighted by Crippen LogP contribution is 2.33. The van der Waals surface area contributed by atoms with E-state index in [1.165, 1.54) is 12.8 Å². The number of rotatable bonds is 7. The maximum atomic E-state index is 12.6. The van der Waals surface area contributed by atoms with E-state index in [0.717, 1.165) is 39.0 Å². The number of ether oxygens (including phenoxy) is 1. The molecule has 2 fully saturated rings. The van der Waals surface area contributed by atoms with Crippen LogP contribution in [-0.2, 0) is 9.53 Å². The Morgan fingerprint density at radius 2 is 1.52 bits per heavy atom. The first-order valence-corrected chi connectivity index (χ1v) is 9.17. The zero-order chi connectivity index (χ0) is 17.1. The molecule has 2 aliphatic rings. The van der Waals surface area contributed by atoms with Gasteiger partial charge in [0.25, 0.3) is 0 Å². The Hall–Kier alpha value is -0.650. The lowest BCUT2D eigenvalue weighted by Crippen LogP contribution is -2.59. The van der Waals surface area contributed by atoms with Gasteiger partial charge in [-0.3, -0.25) is 14.6 Å². The number of likely N-dealkylation sites (tertiary alicyclic amines) is 2. The van der Waals surface area contributed by atoms with Crippen molar-refractivity contribution in [1.82, 2.24) is 9.80 Å². The van der Waals surface area contributed by atoms with Gasteiger partial charge in [-0.15, -0.1) is 0 Å². The molecule has 134 valence electrons. The third kappa shape index (κ3) is 3.89. The molecule has 0 amide bonds. The second-order valence-corrected chi connectivity index (χ2v) is 7.76. The number of nitrogens with zero attached hydrogens (tertiary/aromatic N) is 2. The number of aliphatic hydroxyl groups excluding tert-OH is 1. The first-order chi connectivity index (χ1) is 10.8. The van der Waals surface area contributed by atoms with E-state index in [4.69, 9.17) is 4.74 Å². The molecule has 0 aromatic rings. The van der Waals surface area contributed by atoms with Crippen molar-refractivity contribution in [3.63, 3.8) is 0 Å². The van der Waals surface area contributed by atoms with Crippen molar-refractivity contribution in [2.75, 3.05) is 32.8 Å². The largest absolute Gasteiger partial charge is 0.465 e. The average Bonchev–Trinajstić information content (AvgIpc) is 3.20. The van der Waals surface area contributed by atoms with Crippen LogP contribution in [0.2, 0.25) is 0 Å². The van der Waals surface area contributed by atoms with Gasteiger partial charge in [-0.2, -0.15) is 0 Å². The first kappa shape index (κ1) is 18.7. The topological polar surface area (TPSA) is 53.0 Å². The molecule has 2 unspecified atom stereocenters. The van der Waals surface area contributed by atoms with Gasteiger partial charge in [-0.1, -0.05) is 0 Å². The molecule has 0 bridgehead atoms. The molecule has 1 N–H and O–H groups in total. The van der Waals surface area contributed by atoms with Crippen LogP contribution in [0.3, 0.4) is 0 Å². The smallest absolute Gasteiger partial charge is 0.326 e. The molecule has 0 spiro atoms. The summed E-state index contributed by atoms with van der Waals surface area (Å²) < 4.78 is 5.35. The first-order valence-electron chi connectivity index (χ1n) is 9.17. The van der Waals surface area contributed by atoms with E-state index >= 15 is 0 Å². The van der Waals surface area contributed by atoms with Crippen molar-refractivity contribution < 1.29 is 14.6 Å². The minimum atomic E-state index is -0.733.